The summed E-state index contributed by atoms with van der Waals surface area (Å²) in [5.41, 5.74) is 6.06. The third-order valence-electron chi connectivity index (χ3n) is 4.35. The minimum absolute atomic E-state index is 0.242. The van der Waals surface area contributed by atoms with Crippen LogP contribution in [0.3, 0.4) is 0 Å². The quantitative estimate of drug-likeness (QED) is 0.792. The third-order valence-corrected chi connectivity index (χ3v) is 4.35. The van der Waals surface area contributed by atoms with E-state index in [1.54, 1.807) is 0 Å². The fourth-order valence-electron chi connectivity index (χ4n) is 2.77. The van der Waals surface area contributed by atoms with E-state index in [1.165, 1.54) is 12.8 Å². The second-order valence-corrected chi connectivity index (χ2v) is 5.53. The maximum atomic E-state index is 12.2. The molecule has 92 valence electrons. The van der Waals surface area contributed by atoms with Crippen LogP contribution < -0.4 is 5.73 Å². The highest BCUT2D eigenvalue weighted by molar-refractivity contribution is 5.79. The van der Waals surface area contributed by atoms with Crippen molar-refractivity contribution in [1.82, 2.24) is 4.90 Å². The highest BCUT2D eigenvalue weighted by Gasteiger charge is 2.37. The van der Waals surface area contributed by atoms with Crippen LogP contribution in [0, 0.1) is 17.8 Å². The Morgan fingerprint density at radius 1 is 1.44 bits per heavy atom. The monoisotopic (exact) mass is 224 g/mol. The van der Waals surface area contributed by atoms with Gasteiger partial charge in [0.1, 0.15) is 0 Å². The molecule has 3 nitrogen and oxygen atoms in total. The Morgan fingerprint density at radius 3 is 2.69 bits per heavy atom. The van der Waals surface area contributed by atoms with Crippen molar-refractivity contribution in [2.24, 2.45) is 23.5 Å². The highest BCUT2D eigenvalue weighted by Crippen LogP contribution is 2.37. The van der Waals surface area contributed by atoms with Gasteiger partial charge in [-0.3, -0.25) is 4.79 Å². The van der Waals surface area contributed by atoms with Crippen LogP contribution in [-0.4, -0.2) is 29.9 Å². The normalized spacial score (nSPS) is 32.6. The molecule has 0 aromatic heterocycles. The molecule has 1 aliphatic heterocycles. The number of likely N-dealkylation sites (tertiary alicyclic amines) is 1. The first kappa shape index (κ1) is 11.9. The van der Waals surface area contributed by atoms with Gasteiger partial charge in [-0.1, -0.05) is 20.3 Å². The van der Waals surface area contributed by atoms with Gasteiger partial charge in [0.2, 0.25) is 5.91 Å². The summed E-state index contributed by atoms with van der Waals surface area (Å²) in [6.07, 6.45) is 4.55. The predicted octanol–water partition coefficient (Wildman–Crippen LogP) is 1.62. The molecule has 0 radical (unpaired) electrons. The lowest BCUT2D eigenvalue weighted by atomic mass is 9.89. The van der Waals surface area contributed by atoms with E-state index in [-0.39, 0.29) is 5.92 Å². The van der Waals surface area contributed by atoms with Crippen molar-refractivity contribution in [3.8, 4) is 0 Å². The molecular formula is C13H24N2O. The first-order valence-electron chi connectivity index (χ1n) is 6.67. The van der Waals surface area contributed by atoms with Crippen LogP contribution in [-0.2, 0) is 4.79 Å². The maximum absolute atomic E-state index is 12.2. The average Bonchev–Trinajstić information content (AvgIpc) is 3.11. The SMILES string of the molecule is CCC1CN(C(=O)C(C)C2CC2)CCC1N. The van der Waals surface area contributed by atoms with Gasteiger partial charge in [-0.15, -0.1) is 0 Å². The van der Waals surface area contributed by atoms with E-state index in [0.29, 0.717) is 23.8 Å². The van der Waals surface area contributed by atoms with Gasteiger partial charge < -0.3 is 10.6 Å². The van der Waals surface area contributed by atoms with Crippen LogP contribution in [0.25, 0.3) is 0 Å². The highest BCUT2D eigenvalue weighted by atomic mass is 16.2. The molecule has 16 heavy (non-hydrogen) atoms. The lowest BCUT2D eigenvalue weighted by Gasteiger charge is -2.37. The molecule has 1 heterocycles. The first-order chi connectivity index (χ1) is 7.63. The molecule has 2 fully saturated rings. The molecule has 3 unspecified atom stereocenters. The fraction of sp³-hybridized carbons (Fsp3) is 0.923. The number of rotatable bonds is 3. The van der Waals surface area contributed by atoms with Gasteiger partial charge in [0.05, 0.1) is 0 Å². The van der Waals surface area contributed by atoms with Crippen LogP contribution in [0.15, 0.2) is 0 Å². The van der Waals surface area contributed by atoms with Crippen molar-refractivity contribution in [2.45, 2.75) is 45.6 Å². The summed E-state index contributed by atoms with van der Waals surface area (Å²) in [5.74, 6) is 1.78. The molecule has 1 amide bonds. The number of nitrogens with zero attached hydrogens (tertiary/aromatic N) is 1. The van der Waals surface area contributed by atoms with E-state index >= 15 is 0 Å². The zero-order valence-electron chi connectivity index (χ0n) is 10.5. The van der Waals surface area contributed by atoms with Gasteiger partial charge in [0.25, 0.3) is 0 Å². The van der Waals surface area contributed by atoms with E-state index in [2.05, 4.69) is 18.7 Å². The van der Waals surface area contributed by atoms with Crippen molar-refractivity contribution >= 4 is 5.91 Å². The van der Waals surface area contributed by atoms with Gasteiger partial charge in [-0.05, 0) is 31.1 Å². The van der Waals surface area contributed by atoms with Gasteiger partial charge >= 0.3 is 0 Å². The van der Waals surface area contributed by atoms with E-state index in [9.17, 15) is 4.79 Å². The summed E-state index contributed by atoms with van der Waals surface area (Å²) in [7, 11) is 0. The van der Waals surface area contributed by atoms with E-state index in [1.807, 2.05) is 0 Å². The number of amides is 1. The van der Waals surface area contributed by atoms with Crippen LogP contribution in [0.5, 0.6) is 0 Å². The maximum Gasteiger partial charge on any atom is 0.225 e. The summed E-state index contributed by atoms with van der Waals surface area (Å²) in [6, 6.07) is 0.297. The molecule has 2 aliphatic rings. The molecule has 1 aliphatic carbocycles. The van der Waals surface area contributed by atoms with Crippen LogP contribution in [0.2, 0.25) is 0 Å². The van der Waals surface area contributed by atoms with Crippen molar-refractivity contribution < 1.29 is 4.79 Å². The molecule has 0 aromatic carbocycles. The zero-order valence-corrected chi connectivity index (χ0v) is 10.5. The lowest BCUT2D eigenvalue weighted by molar-refractivity contribution is -0.137. The van der Waals surface area contributed by atoms with E-state index in [0.717, 1.165) is 25.9 Å². The Kier molecular flexibility index (Phi) is 3.53. The molecule has 0 spiro atoms. The van der Waals surface area contributed by atoms with Gasteiger partial charge in [0.15, 0.2) is 0 Å². The van der Waals surface area contributed by atoms with Crippen LogP contribution in [0.1, 0.15) is 39.5 Å². The number of carbonyl (C=O) groups is 1. The topological polar surface area (TPSA) is 46.3 Å². The third kappa shape index (κ3) is 2.40. The molecule has 2 N–H and O–H groups in total. The minimum Gasteiger partial charge on any atom is -0.342 e. The van der Waals surface area contributed by atoms with Crippen molar-refractivity contribution in [1.29, 1.82) is 0 Å². The van der Waals surface area contributed by atoms with Crippen molar-refractivity contribution in [3.63, 3.8) is 0 Å². The minimum atomic E-state index is 0.242. The summed E-state index contributed by atoms with van der Waals surface area (Å²) >= 11 is 0. The van der Waals surface area contributed by atoms with Gasteiger partial charge in [-0.25, -0.2) is 0 Å². The Morgan fingerprint density at radius 2 is 2.12 bits per heavy atom. The average molecular weight is 224 g/mol. The van der Waals surface area contributed by atoms with Crippen molar-refractivity contribution in [3.05, 3.63) is 0 Å². The molecule has 1 saturated heterocycles. The van der Waals surface area contributed by atoms with E-state index < -0.39 is 0 Å². The van der Waals surface area contributed by atoms with Crippen LogP contribution in [0.4, 0.5) is 0 Å². The van der Waals surface area contributed by atoms with E-state index in [4.69, 9.17) is 5.73 Å². The number of carbonyl (C=O) groups excluding carboxylic acids is 1. The molecule has 3 heteroatoms. The standard InChI is InChI=1S/C13H24N2O/c1-3-10-8-15(7-6-12(10)14)13(16)9(2)11-4-5-11/h9-12H,3-8,14H2,1-2H3. The van der Waals surface area contributed by atoms with Gasteiger partial charge in [-0.2, -0.15) is 0 Å². The number of hydrogen-bond donors (Lipinski definition) is 1. The summed E-state index contributed by atoms with van der Waals surface area (Å²) < 4.78 is 0. The van der Waals surface area contributed by atoms with Gasteiger partial charge in [0, 0.05) is 25.0 Å². The Labute approximate surface area is 98.4 Å². The number of hydrogen-bond acceptors (Lipinski definition) is 2. The molecule has 1 saturated carbocycles. The van der Waals surface area contributed by atoms with Crippen molar-refractivity contribution in [2.75, 3.05) is 13.1 Å². The summed E-state index contributed by atoms with van der Waals surface area (Å²) in [5, 5.41) is 0. The Hall–Kier alpha value is -0.570. The molecule has 2 rings (SSSR count). The largest absolute Gasteiger partial charge is 0.342 e. The molecule has 0 bridgehead atoms. The second kappa shape index (κ2) is 4.74. The zero-order chi connectivity index (χ0) is 11.7. The Bertz CT molecular complexity index is 263. The number of nitrogens with two attached hydrogens (primary N) is 1. The summed E-state index contributed by atoms with van der Waals surface area (Å²) in [6.45, 7) is 6.01. The smallest absolute Gasteiger partial charge is 0.225 e. The molecule has 3 atom stereocenters. The summed E-state index contributed by atoms with van der Waals surface area (Å²) in [4.78, 5) is 14.3. The predicted molar refractivity (Wildman–Crippen MR) is 64.8 cm³/mol. The van der Waals surface area contributed by atoms with Crippen LogP contribution >= 0.6 is 0 Å². The molecule has 0 aromatic rings. The Balaban J connectivity index is 1.91. The lowest BCUT2D eigenvalue weighted by Crippen LogP contribution is -2.50. The first-order valence-corrected chi connectivity index (χ1v) is 6.67. The fourth-order valence-corrected chi connectivity index (χ4v) is 2.77. The molecular weight excluding hydrogens is 200 g/mol. The second-order valence-electron chi connectivity index (χ2n) is 5.53. The number of piperidine rings is 1.